The summed E-state index contributed by atoms with van der Waals surface area (Å²) in [6.45, 7) is 16.0. The van der Waals surface area contributed by atoms with Crippen LogP contribution in [0, 0.1) is 0 Å². The van der Waals surface area contributed by atoms with Crippen molar-refractivity contribution in [3.8, 4) is 11.5 Å². The Labute approximate surface area is 171 Å². The van der Waals surface area contributed by atoms with Gasteiger partial charge in [-0.3, -0.25) is 0 Å². The minimum atomic E-state index is -1.98. The van der Waals surface area contributed by atoms with Crippen LogP contribution in [-0.4, -0.2) is 15.4 Å². The fourth-order valence-electron chi connectivity index (χ4n) is 3.79. The number of benzene rings is 3. The SMILES string of the molecule is CCc1c(CC)c(OC)c2c(ccc3ccccc32)c1O[Si](C)(C)C(C)(C)C. The van der Waals surface area contributed by atoms with Crippen LogP contribution in [0.2, 0.25) is 18.1 Å². The highest BCUT2D eigenvalue weighted by Gasteiger charge is 2.40. The van der Waals surface area contributed by atoms with Crippen molar-refractivity contribution in [3.05, 3.63) is 47.5 Å². The van der Waals surface area contributed by atoms with Gasteiger partial charge in [0.05, 0.1) is 7.11 Å². The zero-order valence-electron chi connectivity index (χ0n) is 18.7. The molecule has 0 aliphatic carbocycles. The van der Waals surface area contributed by atoms with E-state index in [1.54, 1.807) is 7.11 Å². The quantitative estimate of drug-likeness (QED) is 0.329. The summed E-state index contributed by atoms with van der Waals surface area (Å²) in [5.41, 5.74) is 2.58. The van der Waals surface area contributed by atoms with Crippen molar-refractivity contribution in [1.29, 1.82) is 0 Å². The molecule has 0 saturated carbocycles. The van der Waals surface area contributed by atoms with Gasteiger partial charge in [-0.15, -0.1) is 0 Å². The zero-order valence-corrected chi connectivity index (χ0v) is 19.7. The summed E-state index contributed by atoms with van der Waals surface area (Å²) in [7, 11) is -0.187. The number of hydrogen-bond donors (Lipinski definition) is 0. The highest BCUT2D eigenvalue weighted by molar-refractivity contribution is 6.74. The lowest BCUT2D eigenvalue weighted by Crippen LogP contribution is -2.44. The summed E-state index contributed by atoms with van der Waals surface area (Å²) in [6.07, 6.45) is 1.87. The molecule has 0 bridgehead atoms. The standard InChI is InChI=1S/C25H34O2Si/c1-9-18-19(10-2)24(26-6)22-20-14-12-11-13-17(20)15-16-21(22)23(18)27-28(7,8)25(3,4)5/h11-16H,9-10H2,1-8H3. The van der Waals surface area contributed by atoms with E-state index in [0.717, 1.165) is 24.3 Å². The van der Waals surface area contributed by atoms with E-state index < -0.39 is 8.32 Å². The van der Waals surface area contributed by atoms with Gasteiger partial charge < -0.3 is 9.16 Å². The van der Waals surface area contributed by atoms with E-state index in [-0.39, 0.29) is 5.04 Å². The number of fused-ring (bicyclic) bond motifs is 3. The first-order valence-electron chi connectivity index (χ1n) is 10.4. The van der Waals surface area contributed by atoms with Crippen molar-refractivity contribution in [2.45, 2.75) is 65.6 Å². The zero-order chi connectivity index (χ0) is 20.7. The van der Waals surface area contributed by atoms with Crippen LogP contribution in [0.5, 0.6) is 11.5 Å². The highest BCUT2D eigenvalue weighted by Crippen LogP contribution is 2.47. The van der Waals surface area contributed by atoms with Crippen molar-refractivity contribution in [1.82, 2.24) is 0 Å². The summed E-state index contributed by atoms with van der Waals surface area (Å²) in [5, 5.41) is 4.97. The Morgan fingerprint density at radius 2 is 1.43 bits per heavy atom. The van der Waals surface area contributed by atoms with Crippen LogP contribution >= 0.6 is 0 Å². The average Bonchev–Trinajstić information content (AvgIpc) is 2.65. The second-order valence-corrected chi connectivity index (χ2v) is 13.8. The average molecular weight is 395 g/mol. The molecule has 0 radical (unpaired) electrons. The van der Waals surface area contributed by atoms with Gasteiger partial charge in [0.25, 0.3) is 8.32 Å². The van der Waals surface area contributed by atoms with Gasteiger partial charge in [-0.2, -0.15) is 0 Å². The molecule has 0 amide bonds. The van der Waals surface area contributed by atoms with Crippen molar-refractivity contribution < 1.29 is 9.16 Å². The molecule has 3 heteroatoms. The lowest BCUT2D eigenvalue weighted by Gasteiger charge is -2.38. The van der Waals surface area contributed by atoms with Crippen molar-refractivity contribution >= 4 is 29.9 Å². The van der Waals surface area contributed by atoms with E-state index in [0.29, 0.717) is 0 Å². The smallest absolute Gasteiger partial charge is 0.250 e. The Bertz CT molecular complexity index is 1010. The van der Waals surface area contributed by atoms with Gasteiger partial charge in [-0.1, -0.05) is 65.0 Å². The summed E-state index contributed by atoms with van der Waals surface area (Å²) >= 11 is 0. The lowest BCUT2D eigenvalue weighted by molar-refractivity contribution is 0.413. The second kappa shape index (κ2) is 7.44. The Morgan fingerprint density at radius 1 is 0.821 bits per heavy atom. The number of rotatable bonds is 5. The summed E-state index contributed by atoms with van der Waals surface area (Å²) < 4.78 is 13.0. The lowest BCUT2D eigenvalue weighted by atomic mass is 9.92. The largest absolute Gasteiger partial charge is 0.543 e. The topological polar surface area (TPSA) is 18.5 Å². The maximum absolute atomic E-state index is 6.98. The van der Waals surface area contributed by atoms with Crippen LogP contribution in [0.1, 0.15) is 45.7 Å². The first-order chi connectivity index (χ1) is 13.2. The van der Waals surface area contributed by atoms with Crippen LogP contribution in [0.25, 0.3) is 21.5 Å². The maximum Gasteiger partial charge on any atom is 0.250 e. The molecule has 0 aliphatic rings. The van der Waals surface area contributed by atoms with E-state index in [2.05, 4.69) is 84.1 Å². The molecule has 3 aromatic rings. The van der Waals surface area contributed by atoms with E-state index in [1.807, 2.05) is 0 Å². The molecular weight excluding hydrogens is 360 g/mol. The molecule has 3 aromatic carbocycles. The fourth-order valence-corrected chi connectivity index (χ4v) is 4.84. The van der Waals surface area contributed by atoms with Crippen molar-refractivity contribution in [2.75, 3.05) is 7.11 Å². The molecule has 0 unspecified atom stereocenters. The normalized spacial score (nSPS) is 12.6. The minimum absolute atomic E-state index is 0.146. The molecule has 3 rings (SSSR count). The Hall–Kier alpha value is -2.00. The van der Waals surface area contributed by atoms with Crippen LogP contribution in [0.15, 0.2) is 36.4 Å². The molecule has 150 valence electrons. The van der Waals surface area contributed by atoms with E-state index in [1.165, 1.54) is 32.7 Å². The third kappa shape index (κ3) is 3.30. The molecule has 28 heavy (non-hydrogen) atoms. The highest BCUT2D eigenvalue weighted by atomic mass is 28.4. The van der Waals surface area contributed by atoms with Gasteiger partial charge in [0.15, 0.2) is 0 Å². The van der Waals surface area contributed by atoms with Gasteiger partial charge >= 0.3 is 0 Å². The molecule has 0 aliphatic heterocycles. The van der Waals surface area contributed by atoms with Crippen LogP contribution < -0.4 is 9.16 Å². The molecule has 0 N–H and O–H groups in total. The third-order valence-corrected chi connectivity index (χ3v) is 10.7. The van der Waals surface area contributed by atoms with Crippen molar-refractivity contribution in [2.24, 2.45) is 0 Å². The number of methoxy groups -OCH3 is 1. The molecule has 0 saturated heterocycles. The van der Waals surface area contributed by atoms with Gasteiger partial charge in [0, 0.05) is 16.3 Å². The summed E-state index contributed by atoms with van der Waals surface area (Å²) in [5.74, 6) is 2.08. The van der Waals surface area contributed by atoms with E-state index in [9.17, 15) is 0 Å². The molecular formula is C25H34O2Si. The van der Waals surface area contributed by atoms with E-state index >= 15 is 0 Å². The first-order valence-corrected chi connectivity index (χ1v) is 13.3. The molecule has 0 spiro atoms. The monoisotopic (exact) mass is 394 g/mol. The van der Waals surface area contributed by atoms with Crippen molar-refractivity contribution in [3.63, 3.8) is 0 Å². The van der Waals surface area contributed by atoms with Gasteiger partial charge in [0.1, 0.15) is 11.5 Å². The van der Waals surface area contributed by atoms with Crippen LogP contribution in [0.3, 0.4) is 0 Å². The second-order valence-electron chi connectivity index (χ2n) is 9.10. The number of ether oxygens (including phenoxy) is 1. The summed E-state index contributed by atoms with van der Waals surface area (Å²) in [4.78, 5) is 0. The Morgan fingerprint density at radius 3 is 2.00 bits per heavy atom. The molecule has 0 atom stereocenters. The molecule has 2 nitrogen and oxygen atoms in total. The van der Waals surface area contributed by atoms with Gasteiger partial charge in [-0.25, -0.2) is 0 Å². The molecule has 0 aromatic heterocycles. The fraction of sp³-hybridized carbons (Fsp3) is 0.440. The van der Waals surface area contributed by atoms with Gasteiger partial charge in [0.2, 0.25) is 0 Å². The van der Waals surface area contributed by atoms with E-state index in [4.69, 9.17) is 9.16 Å². The minimum Gasteiger partial charge on any atom is -0.543 e. The summed E-state index contributed by atoms with van der Waals surface area (Å²) in [6, 6.07) is 13.0. The van der Waals surface area contributed by atoms with Crippen LogP contribution in [-0.2, 0) is 12.8 Å². The van der Waals surface area contributed by atoms with Crippen LogP contribution in [0.4, 0.5) is 0 Å². The number of hydrogen-bond acceptors (Lipinski definition) is 2. The van der Waals surface area contributed by atoms with Gasteiger partial charge in [-0.05, 0) is 53.4 Å². The third-order valence-electron chi connectivity index (χ3n) is 6.39. The first kappa shape index (κ1) is 20.7. The predicted octanol–water partition coefficient (Wildman–Crippen LogP) is 7.51. The maximum atomic E-state index is 6.98. The Balaban J connectivity index is 2.47. The molecule has 0 fully saturated rings. The Kier molecular flexibility index (Phi) is 5.50. The predicted molar refractivity (Wildman–Crippen MR) is 125 cm³/mol. The molecule has 0 heterocycles.